The van der Waals surface area contributed by atoms with Gasteiger partial charge in [-0.15, -0.1) is 0 Å². The van der Waals surface area contributed by atoms with Gasteiger partial charge >= 0.3 is 5.76 Å². The van der Waals surface area contributed by atoms with Gasteiger partial charge in [0.25, 0.3) is 0 Å². The molecule has 1 aromatic heterocycles. The molecular weight excluding hydrogens is 248 g/mol. The van der Waals surface area contributed by atoms with Gasteiger partial charge in [-0.1, -0.05) is 6.07 Å². The Balaban J connectivity index is 2.03. The van der Waals surface area contributed by atoms with E-state index in [1.807, 2.05) is 25.2 Å². The zero-order chi connectivity index (χ0) is 13.5. The highest BCUT2D eigenvalue weighted by atomic mass is 16.5. The molecule has 3 rings (SSSR count). The summed E-state index contributed by atoms with van der Waals surface area (Å²) in [5, 5.41) is 12.8. The summed E-state index contributed by atoms with van der Waals surface area (Å²) in [7, 11) is 1.85. The molecule has 0 radical (unpaired) electrons. The molecule has 3 N–H and O–H groups in total. The van der Waals surface area contributed by atoms with Crippen LogP contribution in [0.3, 0.4) is 0 Å². The zero-order valence-corrected chi connectivity index (χ0v) is 10.6. The van der Waals surface area contributed by atoms with Gasteiger partial charge in [0, 0.05) is 6.04 Å². The minimum absolute atomic E-state index is 0.0455. The van der Waals surface area contributed by atoms with Gasteiger partial charge in [-0.2, -0.15) is 0 Å². The summed E-state index contributed by atoms with van der Waals surface area (Å²) in [4.78, 5) is 13.8. The number of oxazole rings is 1. The first-order chi connectivity index (χ1) is 9.18. The van der Waals surface area contributed by atoms with Crippen molar-refractivity contribution in [3.05, 3.63) is 34.3 Å². The number of hydrogen-bond acceptors (Lipinski definition) is 5. The molecule has 2 aromatic rings. The Morgan fingerprint density at radius 2 is 2.32 bits per heavy atom. The largest absolute Gasteiger partial charge is 0.417 e. The second-order valence-electron chi connectivity index (χ2n) is 5.01. The van der Waals surface area contributed by atoms with Crippen LogP contribution in [0.15, 0.2) is 27.4 Å². The van der Waals surface area contributed by atoms with Gasteiger partial charge in [-0.25, -0.2) is 4.79 Å². The van der Waals surface area contributed by atoms with Crippen LogP contribution >= 0.6 is 0 Å². The van der Waals surface area contributed by atoms with Crippen LogP contribution in [-0.4, -0.2) is 37.0 Å². The van der Waals surface area contributed by atoms with Gasteiger partial charge in [-0.05, 0) is 24.7 Å². The van der Waals surface area contributed by atoms with E-state index in [4.69, 9.17) is 9.15 Å². The third-order valence-electron chi connectivity index (χ3n) is 3.77. The van der Waals surface area contributed by atoms with E-state index in [-0.39, 0.29) is 18.1 Å². The lowest BCUT2D eigenvalue weighted by Gasteiger charge is -2.46. The van der Waals surface area contributed by atoms with Gasteiger partial charge in [0.15, 0.2) is 5.58 Å². The summed E-state index contributed by atoms with van der Waals surface area (Å²) in [5.74, 6) is -0.461. The van der Waals surface area contributed by atoms with E-state index in [2.05, 4.69) is 10.3 Å². The highest BCUT2D eigenvalue weighted by Crippen LogP contribution is 2.40. The molecule has 6 heteroatoms. The smallest absolute Gasteiger partial charge is 0.408 e. The lowest BCUT2D eigenvalue weighted by atomic mass is 9.76. The van der Waals surface area contributed by atoms with Gasteiger partial charge < -0.3 is 19.6 Å². The summed E-state index contributed by atoms with van der Waals surface area (Å²) in [6.07, 6.45) is 0. The van der Waals surface area contributed by atoms with E-state index < -0.39 is 5.76 Å². The van der Waals surface area contributed by atoms with E-state index in [0.717, 1.165) is 5.56 Å². The van der Waals surface area contributed by atoms with E-state index in [9.17, 15) is 9.90 Å². The molecule has 6 nitrogen and oxygen atoms in total. The Morgan fingerprint density at radius 1 is 1.53 bits per heavy atom. The summed E-state index contributed by atoms with van der Waals surface area (Å²) in [6, 6.07) is 5.51. The molecule has 102 valence electrons. The van der Waals surface area contributed by atoms with E-state index in [1.165, 1.54) is 0 Å². The Morgan fingerprint density at radius 3 is 2.89 bits per heavy atom. The topological polar surface area (TPSA) is 87.5 Å². The molecule has 1 fully saturated rings. The van der Waals surface area contributed by atoms with E-state index >= 15 is 0 Å². The van der Waals surface area contributed by atoms with Crippen LogP contribution in [0.2, 0.25) is 0 Å². The van der Waals surface area contributed by atoms with Crippen molar-refractivity contribution in [1.82, 2.24) is 10.3 Å². The van der Waals surface area contributed by atoms with Crippen molar-refractivity contribution in [1.29, 1.82) is 0 Å². The number of H-pyrrole nitrogens is 1. The number of aliphatic hydroxyl groups excluding tert-OH is 1. The Labute approximate surface area is 109 Å². The van der Waals surface area contributed by atoms with Crippen LogP contribution in [0.4, 0.5) is 0 Å². The summed E-state index contributed by atoms with van der Waals surface area (Å²) in [6.45, 7) is 1.09. The molecule has 19 heavy (non-hydrogen) atoms. The number of nitrogens with one attached hydrogen (secondary N) is 2. The Bertz CT molecular complexity index is 636. The SMILES string of the molecule is CNC(c1ccc2[nH]c(=O)oc2c1)C1(CO)COC1. The molecule has 1 saturated heterocycles. The molecule has 1 unspecified atom stereocenters. The number of ether oxygens (including phenoxy) is 1. The second-order valence-corrected chi connectivity index (χ2v) is 5.01. The van der Waals surface area contributed by atoms with Gasteiger partial charge in [0.05, 0.1) is 30.8 Å². The lowest BCUT2D eigenvalue weighted by Crippen LogP contribution is -2.53. The van der Waals surface area contributed by atoms with Crippen LogP contribution in [0.25, 0.3) is 11.1 Å². The summed E-state index contributed by atoms with van der Waals surface area (Å²) < 4.78 is 10.3. The molecule has 1 atom stereocenters. The Hall–Kier alpha value is -1.63. The van der Waals surface area contributed by atoms with Crippen molar-refractivity contribution in [3.63, 3.8) is 0 Å². The van der Waals surface area contributed by atoms with Crippen molar-refractivity contribution in [2.75, 3.05) is 26.9 Å². The maximum absolute atomic E-state index is 11.2. The average molecular weight is 264 g/mol. The van der Waals surface area contributed by atoms with Crippen LogP contribution in [0.1, 0.15) is 11.6 Å². The van der Waals surface area contributed by atoms with Crippen molar-refractivity contribution >= 4 is 11.1 Å². The fourth-order valence-corrected chi connectivity index (χ4v) is 2.68. The quantitative estimate of drug-likeness (QED) is 0.743. The van der Waals surface area contributed by atoms with Gasteiger partial charge in [-0.3, -0.25) is 4.98 Å². The minimum Gasteiger partial charge on any atom is -0.408 e. The zero-order valence-electron chi connectivity index (χ0n) is 10.6. The predicted molar refractivity (Wildman–Crippen MR) is 69.0 cm³/mol. The van der Waals surface area contributed by atoms with Gasteiger partial charge in [0.1, 0.15) is 0 Å². The molecule has 0 bridgehead atoms. The minimum atomic E-state index is -0.461. The van der Waals surface area contributed by atoms with Crippen LogP contribution < -0.4 is 11.1 Å². The number of aromatic amines is 1. The summed E-state index contributed by atoms with van der Waals surface area (Å²) >= 11 is 0. The van der Waals surface area contributed by atoms with Crippen molar-refractivity contribution in [3.8, 4) is 0 Å². The summed E-state index contributed by atoms with van der Waals surface area (Å²) in [5.41, 5.74) is 1.86. The third-order valence-corrected chi connectivity index (χ3v) is 3.77. The second kappa shape index (κ2) is 4.48. The first-order valence-electron chi connectivity index (χ1n) is 6.17. The van der Waals surface area contributed by atoms with Crippen molar-refractivity contribution < 1.29 is 14.3 Å². The molecule has 1 aliphatic heterocycles. The molecular formula is C13H16N2O4. The monoisotopic (exact) mass is 264 g/mol. The lowest BCUT2D eigenvalue weighted by molar-refractivity contribution is -0.155. The number of benzene rings is 1. The number of aromatic nitrogens is 1. The van der Waals surface area contributed by atoms with E-state index in [0.29, 0.717) is 24.3 Å². The molecule has 0 spiro atoms. The van der Waals surface area contributed by atoms with Gasteiger partial charge in [0.2, 0.25) is 0 Å². The average Bonchev–Trinajstić information content (AvgIpc) is 2.72. The molecule has 1 aromatic carbocycles. The number of rotatable bonds is 4. The van der Waals surface area contributed by atoms with E-state index in [1.54, 1.807) is 0 Å². The molecule has 0 aliphatic carbocycles. The normalized spacial score (nSPS) is 19.3. The highest BCUT2D eigenvalue weighted by Gasteiger charge is 2.45. The van der Waals surface area contributed by atoms with Crippen LogP contribution in [0.5, 0.6) is 0 Å². The van der Waals surface area contributed by atoms with Crippen molar-refractivity contribution in [2.45, 2.75) is 6.04 Å². The maximum atomic E-state index is 11.2. The number of fused-ring (bicyclic) bond motifs is 1. The fourth-order valence-electron chi connectivity index (χ4n) is 2.68. The molecule has 0 amide bonds. The molecule has 0 saturated carbocycles. The number of aliphatic hydroxyl groups is 1. The third kappa shape index (κ3) is 1.88. The highest BCUT2D eigenvalue weighted by molar-refractivity contribution is 5.73. The first kappa shape index (κ1) is 12.4. The molecule has 1 aliphatic rings. The molecule has 2 heterocycles. The standard InChI is InChI=1S/C13H16N2O4/c1-14-11(13(5-16)6-18-7-13)8-2-3-9-10(4-8)19-12(17)15-9/h2-4,11,14,16H,5-7H2,1H3,(H,15,17). The van der Waals surface area contributed by atoms with Crippen molar-refractivity contribution in [2.24, 2.45) is 5.41 Å². The van der Waals surface area contributed by atoms with Crippen LogP contribution in [0, 0.1) is 5.41 Å². The first-order valence-corrected chi connectivity index (χ1v) is 6.17. The number of hydrogen-bond donors (Lipinski definition) is 3. The maximum Gasteiger partial charge on any atom is 0.417 e. The van der Waals surface area contributed by atoms with Crippen LogP contribution in [-0.2, 0) is 4.74 Å². The predicted octanol–water partition coefficient (Wildman–Crippen LogP) is 0.390. The Kier molecular flexibility index (Phi) is 2.93. The fraction of sp³-hybridized carbons (Fsp3) is 0.462.